The van der Waals surface area contributed by atoms with E-state index in [-0.39, 0.29) is 11.9 Å². The number of rotatable bonds is 4. The Hall–Kier alpha value is -2.67. The highest BCUT2D eigenvalue weighted by Crippen LogP contribution is 2.25. The van der Waals surface area contributed by atoms with E-state index in [0.717, 1.165) is 21.9 Å². The van der Waals surface area contributed by atoms with Gasteiger partial charge in [-0.3, -0.25) is 9.20 Å². The quantitative estimate of drug-likeness (QED) is 0.746. The number of carbonyl (C=O) groups excluding carboxylic acids is 2. The summed E-state index contributed by atoms with van der Waals surface area (Å²) in [5, 5.41) is 4.46. The van der Waals surface area contributed by atoms with Crippen LogP contribution in [0.4, 0.5) is 5.69 Å². The van der Waals surface area contributed by atoms with Crippen LogP contribution in [0.25, 0.3) is 16.2 Å². The van der Waals surface area contributed by atoms with Crippen molar-refractivity contribution in [3.05, 3.63) is 41.5 Å². The Morgan fingerprint density at radius 3 is 2.70 bits per heavy atom. The van der Waals surface area contributed by atoms with Crippen LogP contribution < -0.4 is 5.32 Å². The van der Waals surface area contributed by atoms with Crippen LogP contribution in [0.5, 0.6) is 0 Å². The molecule has 0 aliphatic rings. The fourth-order valence-corrected chi connectivity index (χ4v) is 3.04. The van der Waals surface area contributed by atoms with Gasteiger partial charge >= 0.3 is 5.97 Å². The Kier molecular flexibility index (Phi) is 4.12. The van der Waals surface area contributed by atoms with Gasteiger partial charge in [0.15, 0.2) is 4.96 Å². The number of aromatic nitrogens is 2. The van der Waals surface area contributed by atoms with E-state index in [4.69, 9.17) is 4.74 Å². The zero-order valence-corrected chi connectivity index (χ0v) is 13.5. The first kappa shape index (κ1) is 15.2. The lowest BCUT2D eigenvalue weighted by Crippen LogP contribution is -2.06. The number of carbonyl (C=O) groups is 2. The van der Waals surface area contributed by atoms with Crippen molar-refractivity contribution in [3.8, 4) is 11.3 Å². The molecule has 0 aliphatic carbocycles. The molecular formula is C16H15N3O3S. The number of esters is 1. The van der Waals surface area contributed by atoms with Gasteiger partial charge in [-0.05, 0) is 19.1 Å². The molecular weight excluding hydrogens is 314 g/mol. The van der Waals surface area contributed by atoms with E-state index in [9.17, 15) is 9.59 Å². The third-order valence-corrected chi connectivity index (χ3v) is 4.03. The largest absolute Gasteiger partial charge is 0.461 e. The van der Waals surface area contributed by atoms with Crippen molar-refractivity contribution in [2.45, 2.75) is 13.8 Å². The Morgan fingerprint density at radius 2 is 2.04 bits per heavy atom. The molecule has 0 bridgehead atoms. The van der Waals surface area contributed by atoms with Crippen molar-refractivity contribution in [2.24, 2.45) is 0 Å². The van der Waals surface area contributed by atoms with Crippen LogP contribution in [-0.2, 0) is 9.53 Å². The topological polar surface area (TPSA) is 72.7 Å². The normalized spacial score (nSPS) is 10.7. The lowest BCUT2D eigenvalue weighted by Gasteiger charge is -2.02. The van der Waals surface area contributed by atoms with Gasteiger partial charge in [-0.2, -0.15) is 0 Å². The second-order valence-corrected chi connectivity index (χ2v) is 5.72. The summed E-state index contributed by atoms with van der Waals surface area (Å²) >= 11 is 1.39. The molecule has 1 amide bonds. The van der Waals surface area contributed by atoms with Crippen molar-refractivity contribution in [1.29, 1.82) is 0 Å². The molecule has 0 atom stereocenters. The number of nitrogens with zero attached hydrogens (tertiary/aromatic N) is 2. The fraction of sp³-hybridized carbons (Fsp3) is 0.188. The Morgan fingerprint density at radius 1 is 1.30 bits per heavy atom. The molecule has 1 N–H and O–H groups in total. The van der Waals surface area contributed by atoms with Gasteiger partial charge in [0.1, 0.15) is 5.69 Å². The summed E-state index contributed by atoms with van der Waals surface area (Å²) in [6, 6.07) is 7.39. The van der Waals surface area contributed by atoms with Gasteiger partial charge in [0, 0.05) is 29.8 Å². The minimum Gasteiger partial charge on any atom is -0.461 e. The van der Waals surface area contributed by atoms with E-state index in [1.807, 2.05) is 30.5 Å². The standard InChI is InChI=1S/C16H15N3O3S/c1-3-22-15(21)14-9-23-16-18-13(8-19(14)16)11-4-6-12(7-5-11)17-10(2)20/h4-9H,3H2,1-2H3,(H,17,20). The highest BCUT2D eigenvalue weighted by atomic mass is 32.1. The number of hydrogen-bond acceptors (Lipinski definition) is 5. The maximum absolute atomic E-state index is 11.9. The SMILES string of the molecule is CCOC(=O)c1csc2nc(-c3ccc(NC(C)=O)cc3)cn12. The number of imidazole rings is 1. The number of benzene rings is 1. The van der Waals surface area contributed by atoms with E-state index in [1.54, 1.807) is 16.7 Å². The fourth-order valence-electron chi connectivity index (χ4n) is 2.20. The average Bonchev–Trinajstić information content (AvgIpc) is 3.07. The van der Waals surface area contributed by atoms with Gasteiger partial charge in [0.2, 0.25) is 5.91 Å². The van der Waals surface area contributed by atoms with Crippen molar-refractivity contribution in [3.63, 3.8) is 0 Å². The van der Waals surface area contributed by atoms with Crippen LogP contribution in [0.2, 0.25) is 0 Å². The molecule has 2 heterocycles. The molecule has 7 heteroatoms. The Bertz CT molecular complexity index is 864. The van der Waals surface area contributed by atoms with Crippen molar-refractivity contribution >= 4 is 33.9 Å². The summed E-state index contributed by atoms with van der Waals surface area (Å²) in [5.74, 6) is -0.469. The van der Waals surface area contributed by atoms with Crippen LogP contribution in [0.3, 0.4) is 0 Å². The molecule has 0 spiro atoms. The number of fused-ring (bicyclic) bond motifs is 1. The van der Waals surface area contributed by atoms with Crippen LogP contribution in [0.15, 0.2) is 35.8 Å². The third-order valence-electron chi connectivity index (χ3n) is 3.19. The highest BCUT2D eigenvalue weighted by Gasteiger charge is 2.15. The van der Waals surface area contributed by atoms with Crippen LogP contribution in [-0.4, -0.2) is 27.9 Å². The van der Waals surface area contributed by atoms with Crippen molar-refractivity contribution in [1.82, 2.24) is 9.38 Å². The maximum atomic E-state index is 11.9. The summed E-state index contributed by atoms with van der Waals surface area (Å²) in [6.07, 6.45) is 1.81. The summed E-state index contributed by atoms with van der Waals surface area (Å²) in [5.41, 5.74) is 2.87. The smallest absolute Gasteiger partial charge is 0.356 e. The lowest BCUT2D eigenvalue weighted by atomic mass is 10.1. The van der Waals surface area contributed by atoms with Gasteiger partial charge in [-0.15, -0.1) is 11.3 Å². The number of hydrogen-bond donors (Lipinski definition) is 1. The first-order valence-corrected chi connectivity index (χ1v) is 7.98. The molecule has 0 fully saturated rings. The van der Waals surface area contributed by atoms with Crippen molar-refractivity contribution in [2.75, 3.05) is 11.9 Å². The minimum atomic E-state index is -0.358. The van der Waals surface area contributed by atoms with Crippen LogP contribution in [0.1, 0.15) is 24.3 Å². The molecule has 6 nitrogen and oxygen atoms in total. The summed E-state index contributed by atoms with van der Waals surface area (Å²) in [7, 11) is 0. The van der Waals surface area contributed by atoms with Gasteiger partial charge in [0.05, 0.1) is 12.3 Å². The zero-order chi connectivity index (χ0) is 16.4. The van der Waals surface area contributed by atoms with E-state index >= 15 is 0 Å². The first-order valence-electron chi connectivity index (χ1n) is 7.10. The van der Waals surface area contributed by atoms with Gasteiger partial charge < -0.3 is 10.1 Å². The lowest BCUT2D eigenvalue weighted by molar-refractivity contribution is -0.114. The number of thiazole rings is 1. The first-order chi connectivity index (χ1) is 11.1. The van der Waals surface area contributed by atoms with Gasteiger partial charge in [0.25, 0.3) is 0 Å². The van der Waals surface area contributed by atoms with E-state index in [0.29, 0.717) is 12.3 Å². The van der Waals surface area contributed by atoms with E-state index in [1.165, 1.54) is 18.3 Å². The number of amides is 1. The number of nitrogens with one attached hydrogen (secondary N) is 1. The number of anilines is 1. The molecule has 3 rings (SSSR count). The molecule has 0 radical (unpaired) electrons. The Labute approximate surface area is 136 Å². The van der Waals surface area contributed by atoms with Gasteiger partial charge in [-0.25, -0.2) is 9.78 Å². The van der Waals surface area contributed by atoms with Crippen molar-refractivity contribution < 1.29 is 14.3 Å². The van der Waals surface area contributed by atoms with E-state index in [2.05, 4.69) is 10.3 Å². The Balaban J connectivity index is 1.91. The molecule has 0 saturated heterocycles. The van der Waals surface area contributed by atoms with Crippen LogP contribution in [0, 0.1) is 0 Å². The predicted molar refractivity (Wildman–Crippen MR) is 88.8 cm³/mol. The second kappa shape index (κ2) is 6.21. The predicted octanol–water partition coefficient (Wildman–Crippen LogP) is 3.20. The zero-order valence-electron chi connectivity index (χ0n) is 12.7. The molecule has 0 saturated carbocycles. The summed E-state index contributed by atoms with van der Waals surface area (Å²) < 4.78 is 6.78. The molecule has 118 valence electrons. The number of ether oxygens (including phenoxy) is 1. The summed E-state index contributed by atoms with van der Waals surface area (Å²) in [6.45, 7) is 3.58. The molecule has 2 aromatic heterocycles. The van der Waals surface area contributed by atoms with Crippen LogP contribution >= 0.6 is 11.3 Å². The third kappa shape index (κ3) is 3.09. The molecule has 3 aromatic rings. The van der Waals surface area contributed by atoms with E-state index < -0.39 is 0 Å². The molecule has 23 heavy (non-hydrogen) atoms. The highest BCUT2D eigenvalue weighted by molar-refractivity contribution is 7.15. The molecule has 0 unspecified atom stereocenters. The average molecular weight is 329 g/mol. The van der Waals surface area contributed by atoms with Gasteiger partial charge in [-0.1, -0.05) is 12.1 Å². The summed E-state index contributed by atoms with van der Waals surface area (Å²) in [4.78, 5) is 28.2. The molecule has 0 aliphatic heterocycles. The molecule has 1 aromatic carbocycles. The maximum Gasteiger partial charge on any atom is 0.356 e. The second-order valence-electron chi connectivity index (χ2n) is 4.88. The monoisotopic (exact) mass is 329 g/mol. The minimum absolute atomic E-state index is 0.112.